The zero-order valence-corrected chi connectivity index (χ0v) is 13.0. The van der Waals surface area contributed by atoms with Crippen molar-refractivity contribution in [2.24, 2.45) is 0 Å². The van der Waals surface area contributed by atoms with E-state index in [9.17, 15) is 19.2 Å². The van der Waals surface area contributed by atoms with Crippen LogP contribution in [-0.4, -0.2) is 41.3 Å². The number of nitrogens with one attached hydrogen (secondary N) is 1. The zero-order chi connectivity index (χ0) is 17.6. The second kappa shape index (κ2) is 5.34. The van der Waals surface area contributed by atoms with Gasteiger partial charge in [0.15, 0.2) is 0 Å². The molecule has 0 aliphatic carbocycles. The summed E-state index contributed by atoms with van der Waals surface area (Å²) in [6, 6.07) is 7.46. The van der Waals surface area contributed by atoms with Gasteiger partial charge in [-0.15, -0.1) is 0 Å². The third-order valence-electron chi connectivity index (χ3n) is 3.73. The van der Waals surface area contributed by atoms with Gasteiger partial charge in [0, 0.05) is 20.2 Å². The van der Waals surface area contributed by atoms with Gasteiger partial charge in [-0.25, -0.2) is 0 Å². The molecule has 0 saturated carbocycles. The highest BCUT2D eigenvalue weighted by Crippen LogP contribution is 2.24. The minimum atomic E-state index is -0.669. The quantitative estimate of drug-likeness (QED) is 0.754. The zero-order valence-electron chi connectivity index (χ0n) is 13.0. The molecule has 0 atom stereocenters. The van der Waals surface area contributed by atoms with Crippen molar-refractivity contribution in [1.29, 1.82) is 0 Å². The largest absolute Gasteiger partial charge is 0.384 e. The Bertz CT molecular complexity index is 959. The molecule has 122 valence electrons. The summed E-state index contributed by atoms with van der Waals surface area (Å²) in [7, 11) is 3.17. The summed E-state index contributed by atoms with van der Waals surface area (Å²) in [5, 5.41) is 2.10. The molecular weight excluding hydrogens is 312 g/mol. The molecule has 0 fully saturated rings. The number of imide groups is 1. The van der Waals surface area contributed by atoms with Crippen LogP contribution in [0.1, 0.15) is 31.1 Å². The molecule has 2 aromatic rings. The Labute approximate surface area is 136 Å². The summed E-state index contributed by atoms with van der Waals surface area (Å²) in [6.45, 7) is 0. The number of hydrogen-bond acceptors (Lipinski definition) is 5. The summed E-state index contributed by atoms with van der Waals surface area (Å²) < 4.78 is 1.06. The van der Waals surface area contributed by atoms with Crippen LogP contribution in [0.4, 0.5) is 5.82 Å². The maximum atomic E-state index is 12.5. The Hall–Kier alpha value is -3.42. The Balaban J connectivity index is 2.33. The van der Waals surface area contributed by atoms with E-state index < -0.39 is 17.4 Å². The van der Waals surface area contributed by atoms with Gasteiger partial charge >= 0.3 is 0 Å². The molecule has 3 amide bonds. The maximum Gasteiger partial charge on any atom is 0.262 e. The number of para-hydroxylation sites is 1. The van der Waals surface area contributed by atoms with E-state index in [-0.39, 0.29) is 34.1 Å². The smallest absolute Gasteiger partial charge is 0.262 e. The van der Waals surface area contributed by atoms with Gasteiger partial charge in [-0.05, 0) is 12.1 Å². The average molecular weight is 326 g/mol. The minimum absolute atomic E-state index is 0.0600. The molecule has 0 saturated heterocycles. The predicted molar refractivity (Wildman–Crippen MR) is 86.3 cm³/mol. The highest BCUT2D eigenvalue weighted by Gasteiger charge is 2.32. The molecule has 3 rings (SSSR count). The lowest BCUT2D eigenvalue weighted by Crippen LogP contribution is -2.28. The van der Waals surface area contributed by atoms with Gasteiger partial charge in [-0.3, -0.25) is 29.1 Å². The number of carbonyl (C=O) groups excluding carboxylic acids is 3. The number of pyridine rings is 1. The Kier molecular flexibility index (Phi) is 3.44. The third-order valence-corrected chi connectivity index (χ3v) is 3.73. The van der Waals surface area contributed by atoms with Gasteiger partial charge in [-0.2, -0.15) is 0 Å². The fourth-order valence-corrected chi connectivity index (χ4v) is 2.62. The van der Waals surface area contributed by atoms with E-state index in [1.165, 1.54) is 4.90 Å². The molecular formula is C16H14N4O4. The lowest BCUT2D eigenvalue weighted by Gasteiger charge is -2.17. The van der Waals surface area contributed by atoms with Crippen LogP contribution in [0.15, 0.2) is 35.1 Å². The van der Waals surface area contributed by atoms with Crippen molar-refractivity contribution in [2.45, 2.75) is 0 Å². The number of fused-ring (bicyclic) bond motifs is 1. The van der Waals surface area contributed by atoms with Gasteiger partial charge in [0.1, 0.15) is 5.82 Å². The third kappa shape index (κ3) is 2.16. The van der Waals surface area contributed by atoms with E-state index >= 15 is 0 Å². The monoisotopic (exact) mass is 326 g/mol. The normalized spacial score (nSPS) is 12.8. The molecule has 0 unspecified atom stereocenters. The number of nitrogens with zero attached hydrogens (tertiary/aromatic N) is 2. The van der Waals surface area contributed by atoms with Gasteiger partial charge in [0.25, 0.3) is 23.3 Å². The molecule has 8 heteroatoms. The summed E-state index contributed by atoms with van der Waals surface area (Å²) in [5.74, 6) is -1.83. The van der Waals surface area contributed by atoms with Crippen molar-refractivity contribution in [2.75, 3.05) is 19.8 Å². The number of nitrogen functional groups attached to an aromatic ring is 1. The first-order valence-electron chi connectivity index (χ1n) is 7.05. The van der Waals surface area contributed by atoms with E-state index in [2.05, 4.69) is 5.32 Å². The van der Waals surface area contributed by atoms with Crippen LogP contribution in [0.5, 0.6) is 0 Å². The van der Waals surface area contributed by atoms with E-state index in [0.29, 0.717) is 0 Å². The maximum absolute atomic E-state index is 12.5. The number of carbonyl (C=O) groups is 3. The van der Waals surface area contributed by atoms with Gasteiger partial charge in [0.2, 0.25) is 0 Å². The predicted octanol–water partition coefficient (Wildman–Crippen LogP) is 0.00510. The first kappa shape index (κ1) is 15.5. The highest BCUT2D eigenvalue weighted by atomic mass is 16.2. The molecule has 0 spiro atoms. The molecule has 24 heavy (non-hydrogen) atoms. The fourth-order valence-electron chi connectivity index (χ4n) is 2.62. The molecule has 0 radical (unpaired) electrons. The average Bonchev–Trinajstić information content (AvgIpc) is 2.81. The van der Waals surface area contributed by atoms with Gasteiger partial charge in [-0.1, -0.05) is 12.1 Å². The minimum Gasteiger partial charge on any atom is -0.384 e. The Morgan fingerprint density at radius 2 is 1.79 bits per heavy atom. The lowest BCUT2D eigenvalue weighted by molar-refractivity contribution is 0.0825. The van der Waals surface area contributed by atoms with Crippen molar-refractivity contribution in [3.8, 4) is 5.69 Å². The first-order chi connectivity index (χ1) is 11.3. The van der Waals surface area contributed by atoms with Crippen LogP contribution in [0.3, 0.4) is 0 Å². The van der Waals surface area contributed by atoms with E-state index in [4.69, 9.17) is 5.73 Å². The Morgan fingerprint density at radius 1 is 1.12 bits per heavy atom. The van der Waals surface area contributed by atoms with Crippen LogP contribution in [-0.2, 0) is 0 Å². The van der Waals surface area contributed by atoms with Crippen LogP contribution >= 0.6 is 0 Å². The molecule has 1 aliphatic heterocycles. The van der Waals surface area contributed by atoms with Crippen LogP contribution in [0.25, 0.3) is 5.69 Å². The second-order valence-electron chi connectivity index (χ2n) is 5.49. The number of anilines is 1. The summed E-state index contributed by atoms with van der Waals surface area (Å²) in [4.78, 5) is 49.8. The highest BCUT2D eigenvalue weighted by molar-refractivity contribution is 6.23. The molecule has 1 aromatic heterocycles. The Morgan fingerprint density at radius 3 is 2.46 bits per heavy atom. The van der Waals surface area contributed by atoms with Crippen molar-refractivity contribution >= 4 is 23.5 Å². The van der Waals surface area contributed by atoms with Gasteiger partial charge in [0.05, 0.1) is 22.4 Å². The number of aromatic nitrogens is 1. The van der Waals surface area contributed by atoms with Crippen molar-refractivity contribution in [1.82, 2.24) is 14.8 Å². The number of rotatable bonds is 2. The standard InChI is InChI=1S/C16H14N4O4/c1-19(2)16(24)8-5-3-4-6-10(8)20-11(21)7-9-12(13(20)17)15(23)18-14(9)22/h3-7H,17H2,1-2H3,(H,18,22,23). The van der Waals surface area contributed by atoms with Crippen molar-refractivity contribution in [3.05, 3.63) is 57.4 Å². The van der Waals surface area contributed by atoms with Crippen molar-refractivity contribution < 1.29 is 14.4 Å². The van der Waals surface area contributed by atoms with Crippen molar-refractivity contribution in [3.63, 3.8) is 0 Å². The molecule has 0 bridgehead atoms. The number of nitrogens with two attached hydrogens (primary N) is 1. The number of hydrogen-bond donors (Lipinski definition) is 2. The molecule has 8 nitrogen and oxygen atoms in total. The first-order valence-corrected chi connectivity index (χ1v) is 7.05. The molecule has 2 heterocycles. The van der Waals surface area contributed by atoms with Crippen LogP contribution in [0, 0.1) is 0 Å². The SMILES string of the molecule is CN(C)C(=O)c1ccccc1-n1c(N)c2c(cc1=O)C(=O)NC2=O. The molecule has 1 aliphatic rings. The van der Waals surface area contributed by atoms with Crippen LogP contribution < -0.4 is 16.6 Å². The van der Waals surface area contributed by atoms with E-state index in [0.717, 1.165) is 10.6 Å². The van der Waals surface area contributed by atoms with E-state index in [1.807, 2.05) is 0 Å². The van der Waals surface area contributed by atoms with E-state index in [1.54, 1.807) is 38.4 Å². The molecule has 1 aromatic carbocycles. The molecule has 3 N–H and O–H groups in total. The second-order valence-corrected chi connectivity index (χ2v) is 5.49. The fraction of sp³-hybridized carbons (Fsp3) is 0.125. The number of benzene rings is 1. The van der Waals surface area contributed by atoms with Crippen LogP contribution in [0.2, 0.25) is 0 Å². The van der Waals surface area contributed by atoms with Gasteiger partial charge < -0.3 is 10.6 Å². The lowest BCUT2D eigenvalue weighted by atomic mass is 10.1. The topological polar surface area (TPSA) is 114 Å². The summed E-state index contributed by atoms with van der Waals surface area (Å²) >= 11 is 0. The number of amides is 3. The summed E-state index contributed by atoms with van der Waals surface area (Å²) in [5.41, 5.74) is 5.76. The summed E-state index contributed by atoms with van der Waals surface area (Å²) in [6.07, 6.45) is 0.